The van der Waals surface area contributed by atoms with E-state index in [0.717, 1.165) is 12.8 Å². The van der Waals surface area contributed by atoms with Gasteiger partial charge in [0.05, 0.1) is 37.4 Å². The standard InChI is InChI=1S/C21H24N8O4/c1-22-21(31)18-14(9-17(26-27-18)25-20(30)11-5-6-11)24-15-8-12(32-3)7-13(19(15)33-4)16-10-23-29(2)28-16/h7-11H,5-6H2,1-4H3,(H,22,31)(H2,24,25,26,30)/i1D3. The second kappa shape index (κ2) is 9.10. The Morgan fingerprint density at radius 2 is 1.97 bits per heavy atom. The fraction of sp³-hybridized carbons (Fsp3) is 0.333. The Morgan fingerprint density at radius 1 is 1.15 bits per heavy atom. The van der Waals surface area contributed by atoms with E-state index in [1.54, 1.807) is 25.4 Å². The van der Waals surface area contributed by atoms with Crippen molar-refractivity contribution >= 4 is 29.0 Å². The molecule has 0 atom stereocenters. The zero-order valence-corrected chi connectivity index (χ0v) is 18.2. The van der Waals surface area contributed by atoms with E-state index in [0.29, 0.717) is 28.4 Å². The Morgan fingerprint density at radius 3 is 2.61 bits per heavy atom. The van der Waals surface area contributed by atoms with E-state index in [4.69, 9.17) is 13.6 Å². The van der Waals surface area contributed by atoms with Crippen molar-refractivity contribution in [2.24, 2.45) is 13.0 Å². The molecule has 0 radical (unpaired) electrons. The molecule has 0 unspecified atom stereocenters. The van der Waals surface area contributed by atoms with Crippen molar-refractivity contribution in [2.45, 2.75) is 12.8 Å². The summed E-state index contributed by atoms with van der Waals surface area (Å²) in [5.41, 5.74) is 1.18. The lowest BCUT2D eigenvalue weighted by molar-refractivity contribution is -0.117. The highest BCUT2D eigenvalue weighted by Gasteiger charge is 2.30. The van der Waals surface area contributed by atoms with Crippen molar-refractivity contribution < 1.29 is 23.2 Å². The number of rotatable bonds is 8. The van der Waals surface area contributed by atoms with Gasteiger partial charge in [0.25, 0.3) is 5.91 Å². The van der Waals surface area contributed by atoms with Crippen LogP contribution in [0.4, 0.5) is 17.2 Å². The first-order chi connectivity index (χ1) is 17.1. The maximum absolute atomic E-state index is 12.7. The van der Waals surface area contributed by atoms with Crippen LogP contribution < -0.4 is 25.4 Å². The molecule has 0 aliphatic heterocycles. The molecule has 1 fully saturated rings. The smallest absolute Gasteiger partial charge is 0.273 e. The number of carbonyl (C=O) groups is 2. The molecule has 0 saturated heterocycles. The second-order valence-electron chi connectivity index (χ2n) is 7.31. The number of hydrogen-bond donors (Lipinski definition) is 3. The third-order valence-electron chi connectivity index (χ3n) is 4.97. The topological polar surface area (TPSA) is 145 Å². The SMILES string of the molecule is [2H]C([2H])([2H])NC(=O)c1nnc(NC(=O)C2CC2)cc1Nc1cc(OC)cc(-c2cnn(C)n2)c1OC. The van der Waals surface area contributed by atoms with Crippen molar-refractivity contribution in [1.82, 2.24) is 30.5 Å². The number of aromatic nitrogens is 5. The average Bonchev–Trinajstić information content (AvgIpc) is 3.58. The highest BCUT2D eigenvalue weighted by Crippen LogP contribution is 2.41. The Balaban J connectivity index is 1.78. The van der Waals surface area contributed by atoms with Crippen LogP contribution >= 0.6 is 0 Å². The summed E-state index contributed by atoms with van der Waals surface area (Å²) in [7, 11) is 4.62. The van der Waals surface area contributed by atoms with Gasteiger partial charge in [-0.05, 0) is 18.9 Å². The number of methoxy groups -OCH3 is 2. The summed E-state index contributed by atoms with van der Waals surface area (Å²) in [5, 5.41) is 23.8. The maximum atomic E-state index is 12.7. The number of anilines is 3. The summed E-state index contributed by atoms with van der Waals surface area (Å²) in [6, 6.07) is 4.72. The summed E-state index contributed by atoms with van der Waals surface area (Å²) < 4.78 is 33.1. The molecule has 2 heterocycles. The number of nitrogens with zero attached hydrogens (tertiary/aromatic N) is 5. The minimum absolute atomic E-state index is 0.0782. The summed E-state index contributed by atoms with van der Waals surface area (Å²) in [5.74, 6) is -0.402. The van der Waals surface area contributed by atoms with Crippen LogP contribution in [0.3, 0.4) is 0 Å². The normalized spacial score (nSPS) is 14.5. The van der Waals surface area contributed by atoms with Crippen molar-refractivity contribution in [2.75, 3.05) is 31.8 Å². The Bertz CT molecular complexity index is 1310. The molecule has 1 aliphatic carbocycles. The van der Waals surface area contributed by atoms with Gasteiger partial charge in [-0.25, -0.2) is 0 Å². The number of hydrogen-bond acceptors (Lipinski definition) is 9. The fourth-order valence-corrected chi connectivity index (χ4v) is 3.19. The lowest BCUT2D eigenvalue weighted by Crippen LogP contribution is -2.22. The second-order valence-corrected chi connectivity index (χ2v) is 7.31. The molecule has 172 valence electrons. The third kappa shape index (κ3) is 4.68. The van der Waals surface area contributed by atoms with Gasteiger partial charge in [0.15, 0.2) is 17.3 Å². The highest BCUT2D eigenvalue weighted by molar-refractivity contribution is 6.00. The van der Waals surface area contributed by atoms with E-state index >= 15 is 0 Å². The number of aryl methyl sites for hydroxylation is 1. The van der Waals surface area contributed by atoms with Gasteiger partial charge >= 0.3 is 0 Å². The van der Waals surface area contributed by atoms with E-state index < -0.39 is 12.9 Å². The summed E-state index contributed by atoms with van der Waals surface area (Å²) in [6.07, 6.45) is 3.13. The largest absolute Gasteiger partial charge is 0.497 e. The van der Waals surface area contributed by atoms with Gasteiger partial charge in [-0.15, -0.1) is 10.2 Å². The fourth-order valence-electron chi connectivity index (χ4n) is 3.19. The molecule has 12 nitrogen and oxygen atoms in total. The van der Waals surface area contributed by atoms with Gasteiger partial charge in [-0.1, -0.05) is 0 Å². The Labute approximate surface area is 193 Å². The van der Waals surface area contributed by atoms with Gasteiger partial charge in [-0.2, -0.15) is 15.0 Å². The first kappa shape index (κ1) is 18.4. The molecule has 3 aromatic rings. The number of ether oxygens (including phenoxy) is 2. The first-order valence-electron chi connectivity index (χ1n) is 11.5. The van der Waals surface area contributed by atoms with Gasteiger partial charge in [0.1, 0.15) is 11.4 Å². The van der Waals surface area contributed by atoms with E-state index in [9.17, 15) is 9.59 Å². The monoisotopic (exact) mass is 455 g/mol. The lowest BCUT2D eigenvalue weighted by Gasteiger charge is -2.17. The molecule has 1 aromatic carbocycles. The van der Waals surface area contributed by atoms with Crippen LogP contribution in [0.5, 0.6) is 11.5 Å². The molecule has 3 N–H and O–H groups in total. The third-order valence-corrected chi connectivity index (χ3v) is 4.97. The van der Waals surface area contributed by atoms with Crippen LogP contribution in [0.1, 0.15) is 27.4 Å². The summed E-state index contributed by atoms with van der Waals surface area (Å²) >= 11 is 0. The van der Waals surface area contributed by atoms with Gasteiger partial charge in [0, 0.05) is 36.2 Å². The number of carbonyl (C=O) groups excluding carboxylic acids is 2. The summed E-state index contributed by atoms with van der Waals surface area (Å²) in [4.78, 5) is 26.3. The molecule has 1 saturated carbocycles. The zero-order valence-electron chi connectivity index (χ0n) is 21.2. The Hall–Kier alpha value is -4.22. The van der Waals surface area contributed by atoms with Crippen molar-refractivity contribution in [1.29, 1.82) is 0 Å². The molecular formula is C21H24N8O4. The number of amides is 2. The van der Waals surface area contributed by atoms with Crippen molar-refractivity contribution in [3.05, 3.63) is 30.1 Å². The lowest BCUT2D eigenvalue weighted by atomic mass is 10.1. The number of benzene rings is 1. The molecule has 4 rings (SSSR count). The van der Waals surface area contributed by atoms with E-state index in [1.165, 1.54) is 25.1 Å². The quantitative estimate of drug-likeness (QED) is 0.462. The van der Waals surface area contributed by atoms with Crippen molar-refractivity contribution in [3.8, 4) is 22.8 Å². The van der Waals surface area contributed by atoms with Crippen LogP contribution in [-0.4, -0.2) is 58.2 Å². The molecule has 2 aromatic heterocycles. The average molecular weight is 455 g/mol. The van der Waals surface area contributed by atoms with Crippen LogP contribution in [0.15, 0.2) is 24.4 Å². The van der Waals surface area contributed by atoms with E-state index in [2.05, 4.69) is 31.0 Å². The number of nitrogens with one attached hydrogen (secondary N) is 3. The minimum atomic E-state index is -2.75. The van der Waals surface area contributed by atoms with Crippen LogP contribution in [0.25, 0.3) is 11.3 Å². The van der Waals surface area contributed by atoms with Crippen molar-refractivity contribution in [3.63, 3.8) is 0 Å². The Kier molecular flexibility index (Phi) is 5.07. The predicted octanol–water partition coefficient (Wildman–Crippen LogP) is 1.74. The van der Waals surface area contributed by atoms with Gasteiger partial charge in [0.2, 0.25) is 5.91 Å². The van der Waals surface area contributed by atoms with E-state index in [1.807, 2.05) is 5.32 Å². The van der Waals surface area contributed by atoms with Gasteiger partial charge < -0.3 is 25.4 Å². The maximum Gasteiger partial charge on any atom is 0.273 e. The molecule has 33 heavy (non-hydrogen) atoms. The highest BCUT2D eigenvalue weighted by atomic mass is 16.5. The minimum Gasteiger partial charge on any atom is -0.497 e. The van der Waals surface area contributed by atoms with Crippen LogP contribution in [0, 0.1) is 5.92 Å². The molecular weight excluding hydrogens is 428 g/mol. The molecule has 0 spiro atoms. The first-order valence-corrected chi connectivity index (χ1v) is 9.99. The molecule has 0 bridgehead atoms. The van der Waals surface area contributed by atoms with E-state index in [-0.39, 0.29) is 29.0 Å². The van der Waals surface area contributed by atoms with Crippen LogP contribution in [-0.2, 0) is 11.8 Å². The molecule has 2 amide bonds. The summed E-state index contributed by atoms with van der Waals surface area (Å²) in [6.45, 7) is -2.75. The van der Waals surface area contributed by atoms with Gasteiger partial charge in [-0.3, -0.25) is 9.59 Å². The predicted molar refractivity (Wildman–Crippen MR) is 120 cm³/mol. The van der Waals surface area contributed by atoms with Crippen LogP contribution in [0.2, 0.25) is 0 Å². The molecule has 1 aliphatic rings. The zero-order chi connectivity index (χ0) is 26.0. The molecule has 12 heteroatoms.